The van der Waals surface area contributed by atoms with Gasteiger partial charge in [0, 0.05) is 24.5 Å². The molecule has 0 saturated heterocycles. The lowest BCUT2D eigenvalue weighted by Gasteiger charge is -2.33. The molecule has 1 aromatic rings. The van der Waals surface area contributed by atoms with Crippen molar-refractivity contribution < 1.29 is 4.79 Å². The lowest BCUT2D eigenvalue weighted by molar-refractivity contribution is 0.0690. The third kappa shape index (κ3) is 2.69. The number of nitrogens with two attached hydrogens (primary N) is 1. The highest BCUT2D eigenvalue weighted by Gasteiger charge is 2.26. The van der Waals surface area contributed by atoms with Crippen LogP contribution in [0.15, 0.2) is 10.8 Å². The van der Waals surface area contributed by atoms with Gasteiger partial charge in [-0.2, -0.15) is 11.3 Å². The number of thiophene rings is 1. The summed E-state index contributed by atoms with van der Waals surface area (Å²) in [5, 5.41) is 3.97. The number of rotatable bonds is 2. The third-order valence-electron chi connectivity index (χ3n) is 3.70. The minimum atomic E-state index is 0.157. The van der Waals surface area contributed by atoms with Crippen molar-refractivity contribution >= 4 is 17.2 Å². The average molecular weight is 252 g/mol. The van der Waals surface area contributed by atoms with Crippen LogP contribution < -0.4 is 5.73 Å². The lowest BCUT2D eigenvalue weighted by atomic mass is 9.90. The van der Waals surface area contributed by atoms with E-state index in [1.807, 2.05) is 29.6 Å². The maximum absolute atomic E-state index is 12.3. The number of aryl methyl sites for hydroxylation is 1. The van der Waals surface area contributed by atoms with E-state index in [-0.39, 0.29) is 5.91 Å². The van der Waals surface area contributed by atoms with Crippen LogP contribution in [0.1, 0.15) is 41.6 Å². The molecule has 1 saturated carbocycles. The van der Waals surface area contributed by atoms with E-state index in [0.29, 0.717) is 12.1 Å². The summed E-state index contributed by atoms with van der Waals surface area (Å²) in [5.41, 5.74) is 7.83. The number of hydrogen-bond donors (Lipinski definition) is 1. The van der Waals surface area contributed by atoms with E-state index in [1.165, 1.54) is 0 Å². The average Bonchev–Trinajstić information content (AvgIpc) is 2.74. The van der Waals surface area contributed by atoms with Gasteiger partial charge in [0.15, 0.2) is 0 Å². The molecule has 4 heteroatoms. The van der Waals surface area contributed by atoms with Crippen molar-refractivity contribution in [2.75, 3.05) is 7.05 Å². The highest BCUT2D eigenvalue weighted by Crippen LogP contribution is 2.24. The molecule has 94 valence electrons. The Morgan fingerprint density at radius 1 is 1.35 bits per heavy atom. The smallest absolute Gasteiger partial charge is 0.254 e. The quantitative estimate of drug-likeness (QED) is 0.878. The van der Waals surface area contributed by atoms with Crippen LogP contribution in [-0.2, 0) is 0 Å². The van der Waals surface area contributed by atoms with Gasteiger partial charge in [-0.05, 0) is 43.6 Å². The van der Waals surface area contributed by atoms with E-state index in [1.54, 1.807) is 11.3 Å². The molecule has 17 heavy (non-hydrogen) atoms. The second-order valence-corrected chi connectivity index (χ2v) is 5.70. The van der Waals surface area contributed by atoms with E-state index >= 15 is 0 Å². The summed E-state index contributed by atoms with van der Waals surface area (Å²) >= 11 is 1.59. The van der Waals surface area contributed by atoms with E-state index in [9.17, 15) is 4.79 Å². The van der Waals surface area contributed by atoms with Crippen LogP contribution >= 0.6 is 11.3 Å². The number of carbonyl (C=O) groups is 1. The Kier molecular flexibility index (Phi) is 3.84. The van der Waals surface area contributed by atoms with Gasteiger partial charge in [-0.3, -0.25) is 4.79 Å². The topological polar surface area (TPSA) is 46.3 Å². The molecule has 1 heterocycles. The molecule has 1 amide bonds. The predicted octanol–water partition coefficient (Wildman–Crippen LogP) is 2.40. The predicted molar refractivity (Wildman–Crippen MR) is 71.4 cm³/mol. The maximum atomic E-state index is 12.3. The molecule has 0 aliphatic heterocycles. The first-order chi connectivity index (χ1) is 8.09. The Morgan fingerprint density at radius 3 is 2.53 bits per heavy atom. The van der Waals surface area contributed by atoms with Crippen molar-refractivity contribution in [2.45, 2.75) is 44.7 Å². The van der Waals surface area contributed by atoms with Crippen molar-refractivity contribution in [3.8, 4) is 0 Å². The fourth-order valence-corrected chi connectivity index (χ4v) is 3.25. The minimum absolute atomic E-state index is 0.157. The van der Waals surface area contributed by atoms with Crippen LogP contribution in [0.4, 0.5) is 0 Å². The summed E-state index contributed by atoms with van der Waals surface area (Å²) < 4.78 is 0. The van der Waals surface area contributed by atoms with Gasteiger partial charge in [-0.15, -0.1) is 0 Å². The molecule has 1 aromatic heterocycles. The van der Waals surface area contributed by atoms with Gasteiger partial charge >= 0.3 is 0 Å². The van der Waals surface area contributed by atoms with Crippen LogP contribution in [0.2, 0.25) is 0 Å². The summed E-state index contributed by atoms with van der Waals surface area (Å²) in [6.45, 7) is 1.99. The van der Waals surface area contributed by atoms with Gasteiger partial charge in [0.25, 0.3) is 5.91 Å². The molecule has 0 aromatic carbocycles. The molecule has 1 aliphatic carbocycles. The molecular formula is C13H20N2OS. The zero-order chi connectivity index (χ0) is 12.4. The first-order valence-electron chi connectivity index (χ1n) is 6.15. The van der Waals surface area contributed by atoms with Crippen LogP contribution in [0.25, 0.3) is 0 Å². The number of carbonyl (C=O) groups excluding carboxylic acids is 1. The van der Waals surface area contributed by atoms with Gasteiger partial charge in [0.2, 0.25) is 0 Å². The number of hydrogen-bond acceptors (Lipinski definition) is 3. The van der Waals surface area contributed by atoms with E-state index < -0.39 is 0 Å². The Bertz CT molecular complexity index is 394. The normalized spacial score (nSPS) is 24.6. The van der Waals surface area contributed by atoms with Crippen LogP contribution in [0.5, 0.6) is 0 Å². The van der Waals surface area contributed by atoms with Crippen molar-refractivity contribution in [1.29, 1.82) is 0 Å². The first kappa shape index (κ1) is 12.6. The second-order valence-electron chi connectivity index (χ2n) is 4.95. The molecule has 1 aliphatic rings. The van der Waals surface area contributed by atoms with Crippen LogP contribution in [0, 0.1) is 6.92 Å². The van der Waals surface area contributed by atoms with Crippen LogP contribution in [-0.4, -0.2) is 29.9 Å². The van der Waals surface area contributed by atoms with Gasteiger partial charge < -0.3 is 10.6 Å². The molecule has 2 rings (SSSR count). The van der Waals surface area contributed by atoms with Crippen molar-refractivity contribution in [3.63, 3.8) is 0 Å². The fraction of sp³-hybridized carbons (Fsp3) is 0.615. The Hall–Kier alpha value is -0.870. The maximum Gasteiger partial charge on any atom is 0.254 e. The van der Waals surface area contributed by atoms with E-state index in [0.717, 1.165) is 36.8 Å². The Morgan fingerprint density at radius 2 is 2.00 bits per heavy atom. The van der Waals surface area contributed by atoms with Crippen molar-refractivity contribution in [1.82, 2.24) is 4.90 Å². The molecular weight excluding hydrogens is 232 g/mol. The summed E-state index contributed by atoms with van der Waals surface area (Å²) in [4.78, 5) is 14.2. The second kappa shape index (κ2) is 5.19. The van der Waals surface area contributed by atoms with E-state index in [4.69, 9.17) is 5.73 Å². The van der Waals surface area contributed by atoms with Crippen LogP contribution in [0.3, 0.4) is 0 Å². The molecule has 0 bridgehead atoms. The third-order valence-corrected chi connectivity index (χ3v) is 4.56. The zero-order valence-electron chi connectivity index (χ0n) is 10.5. The number of nitrogens with zero attached hydrogens (tertiary/aromatic N) is 1. The SMILES string of the molecule is Cc1cscc1C(=O)N(C)C1CCC(N)CC1. The largest absolute Gasteiger partial charge is 0.339 e. The van der Waals surface area contributed by atoms with Crippen molar-refractivity contribution in [2.24, 2.45) is 5.73 Å². The monoisotopic (exact) mass is 252 g/mol. The molecule has 0 atom stereocenters. The molecule has 1 fully saturated rings. The fourth-order valence-electron chi connectivity index (χ4n) is 2.42. The molecule has 0 radical (unpaired) electrons. The van der Waals surface area contributed by atoms with Gasteiger partial charge in [-0.1, -0.05) is 0 Å². The van der Waals surface area contributed by atoms with Gasteiger partial charge in [-0.25, -0.2) is 0 Å². The van der Waals surface area contributed by atoms with Gasteiger partial charge in [0.05, 0.1) is 5.56 Å². The summed E-state index contributed by atoms with van der Waals surface area (Å²) in [6.07, 6.45) is 4.13. The summed E-state index contributed by atoms with van der Waals surface area (Å²) in [6, 6.07) is 0.694. The van der Waals surface area contributed by atoms with E-state index in [2.05, 4.69) is 0 Å². The highest BCUT2D eigenvalue weighted by atomic mass is 32.1. The molecule has 3 nitrogen and oxygen atoms in total. The Labute approximate surface area is 107 Å². The Balaban J connectivity index is 2.03. The summed E-state index contributed by atoms with van der Waals surface area (Å²) in [7, 11) is 1.92. The number of amides is 1. The van der Waals surface area contributed by atoms with Crippen molar-refractivity contribution in [3.05, 3.63) is 21.9 Å². The summed E-state index contributed by atoms with van der Waals surface area (Å²) in [5.74, 6) is 0.157. The zero-order valence-corrected chi connectivity index (χ0v) is 11.3. The standard InChI is InChI=1S/C13H20N2OS/c1-9-7-17-8-12(9)13(16)15(2)11-5-3-10(14)4-6-11/h7-8,10-11H,3-6,14H2,1-2H3. The lowest BCUT2D eigenvalue weighted by Crippen LogP contribution is -2.41. The highest BCUT2D eigenvalue weighted by molar-refractivity contribution is 7.08. The molecule has 2 N–H and O–H groups in total. The first-order valence-corrected chi connectivity index (χ1v) is 7.09. The minimum Gasteiger partial charge on any atom is -0.339 e. The van der Waals surface area contributed by atoms with Gasteiger partial charge in [0.1, 0.15) is 0 Å². The molecule has 0 unspecified atom stereocenters. The molecule has 0 spiro atoms.